The van der Waals surface area contributed by atoms with Gasteiger partial charge in [-0.3, -0.25) is 4.79 Å². The van der Waals surface area contributed by atoms with E-state index in [0.717, 1.165) is 19.3 Å². The number of amidine groups is 1. The van der Waals surface area contributed by atoms with Crippen LogP contribution in [0.2, 0.25) is 0 Å². The first kappa shape index (κ1) is 14.8. The molecule has 0 saturated heterocycles. The average Bonchev–Trinajstić information content (AvgIpc) is 2.81. The third-order valence-corrected chi connectivity index (χ3v) is 4.37. The third kappa shape index (κ3) is 2.76. The lowest BCUT2D eigenvalue weighted by molar-refractivity contribution is -0.127. The number of carbonyl (C=O) groups excluding carboxylic acids is 1. The van der Waals surface area contributed by atoms with Gasteiger partial charge in [0, 0.05) is 5.92 Å². The van der Waals surface area contributed by atoms with Crippen molar-refractivity contribution in [3.63, 3.8) is 0 Å². The van der Waals surface area contributed by atoms with Gasteiger partial charge in [-0.15, -0.1) is 0 Å². The molecule has 1 saturated carbocycles. The first-order valence-electron chi connectivity index (χ1n) is 6.80. The van der Waals surface area contributed by atoms with Gasteiger partial charge in [-0.05, 0) is 31.6 Å². The van der Waals surface area contributed by atoms with Crippen molar-refractivity contribution < 1.29 is 10.0 Å². The molecule has 0 aromatic rings. The average molecular weight is 255 g/mol. The van der Waals surface area contributed by atoms with E-state index in [4.69, 9.17) is 10.9 Å². The summed E-state index contributed by atoms with van der Waals surface area (Å²) in [4.78, 5) is 12.3. The second kappa shape index (κ2) is 6.07. The summed E-state index contributed by atoms with van der Waals surface area (Å²) in [5.41, 5.74) is 5.03. The molecule has 5 nitrogen and oxygen atoms in total. The molecule has 1 aliphatic rings. The number of hydrogen-bond acceptors (Lipinski definition) is 3. The summed E-state index contributed by atoms with van der Waals surface area (Å²) in [7, 11) is 0. The van der Waals surface area contributed by atoms with Gasteiger partial charge in [-0.1, -0.05) is 32.3 Å². The van der Waals surface area contributed by atoms with Crippen molar-refractivity contribution >= 4 is 11.7 Å². The Bertz CT molecular complexity index is 324. The highest BCUT2D eigenvalue weighted by Gasteiger charge is 2.37. The van der Waals surface area contributed by atoms with Crippen LogP contribution < -0.4 is 11.1 Å². The fourth-order valence-electron chi connectivity index (χ4n) is 2.81. The van der Waals surface area contributed by atoms with Crippen LogP contribution in [0.1, 0.15) is 52.9 Å². The highest BCUT2D eigenvalue weighted by Crippen LogP contribution is 2.32. The summed E-state index contributed by atoms with van der Waals surface area (Å²) in [5, 5.41) is 15.0. The van der Waals surface area contributed by atoms with E-state index in [0.29, 0.717) is 18.8 Å². The highest BCUT2D eigenvalue weighted by atomic mass is 16.4. The molecule has 1 fully saturated rings. The second-order valence-corrected chi connectivity index (χ2v) is 5.28. The van der Waals surface area contributed by atoms with Crippen LogP contribution in [0.25, 0.3) is 0 Å². The molecule has 1 aliphatic carbocycles. The molecule has 4 N–H and O–H groups in total. The number of nitrogens with two attached hydrogens (primary N) is 1. The lowest BCUT2D eigenvalue weighted by Crippen LogP contribution is -2.58. The molecular weight excluding hydrogens is 230 g/mol. The quantitative estimate of drug-likeness (QED) is 0.303. The number of nitrogens with one attached hydrogen (secondary N) is 1. The van der Waals surface area contributed by atoms with Gasteiger partial charge in [0.15, 0.2) is 5.84 Å². The van der Waals surface area contributed by atoms with E-state index in [9.17, 15) is 4.79 Å². The summed E-state index contributed by atoms with van der Waals surface area (Å²) in [6, 6.07) is 0. The molecule has 104 valence electrons. The normalized spacial score (nSPS) is 25.2. The Balaban J connectivity index is 2.81. The summed E-state index contributed by atoms with van der Waals surface area (Å²) in [6.07, 6.45) is 4.38. The Morgan fingerprint density at radius 1 is 1.44 bits per heavy atom. The monoisotopic (exact) mass is 255 g/mol. The molecule has 0 spiro atoms. The van der Waals surface area contributed by atoms with E-state index in [1.807, 2.05) is 13.8 Å². The number of rotatable bonds is 5. The zero-order valence-corrected chi connectivity index (χ0v) is 11.6. The van der Waals surface area contributed by atoms with Crippen LogP contribution >= 0.6 is 0 Å². The van der Waals surface area contributed by atoms with E-state index in [2.05, 4.69) is 17.4 Å². The number of amides is 1. The van der Waals surface area contributed by atoms with Crippen molar-refractivity contribution in [3.8, 4) is 0 Å². The lowest BCUT2D eigenvalue weighted by Gasteiger charge is -2.33. The van der Waals surface area contributed by atoms with Gasteiger partial charge in [0.05, 0.1) is 0 Å². The summed E-state index contributed by atoms with van der Waals surface area (Å²) < 4.78 is 0. The molecule has 18 heavy (non-hydrogen) atoms. The number of hydrogen-bond donors (Lipinski definition) is 3. The van der Waals surface area contributed by atoms with Crippen LogP contribution in [0.3, 0.4) is 0 Å². The molecule has 0 radical (unpaired) electrons. The van der Waals surface area contributed by atoms with E-state index >= 15 is 0 Å². The van der Waals surface area contributed by atoms with Gasteiger partial charge in [-0.2, -0.15) is 0 Å². The maximum Gasteiger partial charge on any atom is 0.224 e. The van der Waals surface area contributed by atoms with Crippen LogP contribution in [0, 0.1) is 11.8 Å². The van der Waals surface area contributed by atoms with Gasteiger partial charge in [-0.25, -0.2) is 0 Å². The largest absolute Gasteiger partial charge is 0.409 e. The van der Waals surface area contributed by atoms with Gasteiger partial charge in [0.2, 0.25) is 5.91 Å². The minimum Gasteiger partial charge on any atom is -0.409 e. The van der Waals surface area contributed by atoms with Crippen LogP contribution in [-0.4, -0.2) is 22.5 Å². The molecule has 0 heterocycles. The fourth-order valence-corrected chi connectivity index (χ4v) is 2.81. The summed E-state index contributed by atoms with van der Waals surface area (Å²) in [6.45, 7) is 5.97. The van der Waals surface area contributed by atoms with Crippen molar-refractivity contribution in [2.24, 2.45) is 22.7 Å². The predicted molar refractivity (Wildman–Crippen MR) is 71.4 cm³/mol. The zero-order chi connectivity index (χ0) is 13.8. The number of carbonyl (C=O) groups is 1. The Kier molecular flexibility index (Phi) is 4.99. The fraction of sp³-hybridized carbons (Fsp3) is 0.846. The SMILES string of the molecule is CCC(CC)(NC(=O)C1CCCC1C)C(N)=NO. The molecular formula is C13H25N3O2. The van der Waals surface area contributed by atoms with Gasteiger partial charge >= 0.3 is 0 Å². The maximum absolute atomic E-state index is 12.3. The molecule has 1 rings (SSSR count). The van der Waals surface area contributed by atoms with Gasteiger partial charge in [0.25, 0.3) is 0 Å². The number of oxime groups is 1. The Hall–Kier alpha value is -1.26. The Morgan fingerprint density at radius 3 is 2.44 bits per heavy atom. The smallest absolute Gasteiger partial charge is 0.224 e. The first-order chi connectivity index (χ1) is 8.50. The molecule has 2 unspecified atom stereocenters. The molecule has 0 aromatic heterocycles. The van der Waals surface area contributed by atoms with Crippen molar-refractivity contribution in [2.45, 2.75) is 58.4 Å². The van der Waals surface area contributed by atoms with Crippen molar-refractivity contribution in [1.29, 1.82) is 0 Å². The molecule has 0 aliphatic heterocycles. The zero-order valence-electron chi connectivity index (χ0n) is 11.6. The van der Waals surface area contributed by atoms with Crippen LogP contribution in [0.15, 0.2) is 5.16 Å². The topological polar surface area (TPSA) is 87.7 Å². The van der Waals surface area contributed by atoms with Crippen molar-refractivity contribution in [3.05, 3.63) is 0 Å². The third-order valence-electron chi connectivity index (χ3n) is 4.37. The first-order valence-corrected chi connectivity index (χ1v) is 6.80. The van der Waals surface area contributed by atoms with E-state index < -0.39 is 5.54 Å². The van der Waals surface area contributed by atoms with Crippen molar-refractivity contribution in [2.75, 3.05) is 0 Å². The van der Waals surface area contributed by atoms with E-state index in [-0.39, 0.29) is 17.7 Å². The predicted octanol–water partition coefficient (Wildman–Crippen LogP) is 1.84. The maximum atomic E-state index is 12.3. The van der Waals surface area contributed by atoms with Crippen LogP contribution in [-0.2, 0) is 4.79 Å². The molecule has 5 heteroatoms. The lowest BCUT2D eigenvalue weighted by atomic mass is 9.89. The van der Waals surface area contributed by atoms with Gasteiger partial charge < -0.3 is 16.3 Å². The second-order valence-electron chi connectivity index (χ2n) is 5.28. The van der Waals surface area contributed by atoms with E-state index in [1.165, 1.54) is 0 Å². The molecule has 2 atom stereocenters. The van der Waals surface area contributed by atoms with Gasteiger partial charge in [0.1, 0.15) is 5.54 Å². The van der Waals surface area contributed by atoms with Crippen LogP contribution in [0.4, 0.5) is 0 Å². The Morgan fingerprint density at radius 2 is 2.06 bits per heavy atom. The highest BCUT2D eigenvalue weighted by molar-refractivity contribution is 5.94. The number of nitrogens with zero attached hydrogens (tertiary/aromatic N) is 1. The van der Waals surface area contributed by atoms with Crippen molar-refractivity contribution in [1.82, 2.24) is 5.32 Å². The van der Waals surface area contributed by atoms with E-state index in [1.54, 1.807) is 0 Å². The Labute approximate surface area is 109 Å². The molecule has 0 bridgehead atoms. The van der Waals surface area contributed by atoms with Crippen LogP contribution in [0.5, 0.6) is 0 Å². The minimum atomic E-state index is -0.714. The summed E-state index contributed by atoms with van der Waals surface area (Å²) in [5.74, 6) is 0.611. The molecule has 0 aromatic carbocycles. The molecule has 1 amide bonds. The standard InChI is InChI=1S/C13H25N3O2/c1-4-13(5-2,12(14)16-18)15-11(17)10-8-6-7-9(10)3/h9-10,18H,4-8H2,1-3H3,(H2,14,16)(H,15,17). The minimum absolute atomic E-state index is 0.0373. The summed E-state index contributed by atoms with van der Waals surface area (Å²) >= 11 is 0.